The van der Waals surface area contributed by atoms with Crippen molar-refractivity contribution in [2.45, 2.75) is 19.4 Å². The van der Waals surface area contributed by atoms with E-state index in [1.165, 1.54) is 0 Å². The average molecular weight is 263 g/mol. The molecule has 0 aromatic heterocycles. The van der Waals surface area contributed by atoms with Crippen molar-refractivity contribution < 1.29 is 10.3 Å². The lowest BCUT2D eigenvalue weighted by molar-refractivity contribution is 0.116. The van der Waals surface area contributed by atoms with Crippen molar-refractivity contribution in [3.05, 3.63) is 35.4 Å². The number of nitrogens with two attached hydrogens (primary N) is 1. The Bertz CT molecular complexity index is 448. The normalized spacial score (nSPS) is 21.5. The lowest BCUT2D eigenvalue weighted by atomic mass is 9.98. The highest BCUT2D eigenvalue weighted by Crippen LogP contribution is 2.18. The van der Waals surface area contributed by atoms with Crippen LogP contribution in [0.2, 0.25) is 0 Å². The summed E-state index contributed by atoms with van der Waals surface area (Å²) in [7, 11) is 0. The number of piperidine rings is 1. The molecule has 5 nitrogen and oxygen atoms in total. The van der Waals surface area contributed by atoms with E-state index in [-0.39, 0.29) is 12.4 Å². The Morgan fingerprint density at radius 1 is 1.47 bits per heavy atom. The number of hydrogen-bond acceptors (Lipinski definition) is 4. The number of aliphatic hydroxyl groups excluding tert-OH is 1. The zero-order valence-electron chi connectivity index (χ0n) is 11.0. The number of likely N-dealkylation sites (tertiary alicyclic amines) is 1. The zero-order chi connectivity index (χ0) is 13.7. The summed E-state index contributed by atoms with van der Waals surface area (Å²) in [6.07, 6.45) is 2.24. The summed E-state index contributed by atoms with van der Waals surface area (Å²) < 4.78 is 0. The van der Waals surface area contributed by atoms with Gasteiger partial charge in [-0.05, 0) is 36.9 Å². The van der Waals surface area contributed by atoms with E-state index in [9.17, 15) is 5.11 Å². The molecule has 2 rings (SSSR count). The third-order valence-corrected chi connectivity index (χ3v) is 3.60. The number of oxime groups is 1. The Morgan fingerprint density at radius 3 is 3.05 bits per heavy atom. The van der Waals surface area contributed by atoms with Crippen LogP contribution in [-0.4, -0.2) is 40.7 Å². The number of nitrogens with zero attached hydrogens (tertiary/aromatic N) is 2. The molecule has 1 aliphatic rings. The number of amidine groups is 1. The van der Waals surface area contributed by atoms with Crippen LogP contribution in [0.1, 0.15) is 24.0 Å². The summed E-state index contributed by atoms with van der Waals surface area (Å²) in [5.41, 5.74) is 7.47. The van der Waals surface area contributed by atoms with E-state index >= 15 is 0 Å². The van der Waals surface area contributed by atoms with E-state index in [0.717, 1.165) is 43.6 Å². The fourth-order valence-electron chi connectivity index (χ4n) is 2.59. The fraction of sp³-hybridized carbons (Fsp3) is 0.500. The van der Waals surface area contributed by atoms with Crippen LogP contribution in [0.5, 0.6) is 0 Å². The number of benzene rings is 1. The zero-order valence-corrected chi connectivity index (χ0v) is 11.0. The van der Waals surface area contributed by atoms with E-state index in [0.29, 0.717) is 5.92 Å². The Labute approximate surface area is 113 Å². The minimum Gasteiger partial charge on any atom is -0.409 e. The van der Waals surface area contributed by atoms with E-state index in [2.05, 4.69) is 10.1 Å². The van der Waals surface area contributed by atoms with E-state index < -0.39 is 0 Å². The van der Waals surface area contributed by atoms with Crippen LogP contribution in [0.25, 0.3) is 0 Å². The molecule has 0 aliphatic carbocycles. The molecule has 1 aromatic carbocycles. The first-order valence-electron chi connectivity index (χ1n) is 6.63. The maximum atomic E-state index is 9.24. The molecule has 1 saturated heterocycles. The molecule has 1 atom stereocenters. The molecule has 104 valence electrons. The summed E-state index contributed by atoms with van der Waals surface area (Å²) in [6.45, 7) is 3.10. The summed E-state index contributed by atoms with van der Waals surface area (Å²) in [6, 6.07) is 7.72. The quantitative estimate of drug-likeness (QED) is 0.327. The predicted octanol–water partition coefficient (Wildman–Crippen LogP) is 0.985. The second-order valence-corrected chi connectivity index (χ2v) is 5.11. The highest BCUT2D eigenvalue weighted by Gasteiger charge is 2.19. The van der Waals surface area contributed by atoms with Crippen molar-refractivity contribution >= 4 is 5.84 Å². The van der Waals surface area contributed by atoms with Crippen molar-refractivity contribution in [3.8, 4) is 0 Å². The molecule has 1 fully saturated rings. The predicted molar refractivity (Wildman–Crippen MR) is 74.0 cm³/mol. The van der Waals surface area contributed by atoms with Gasteiger partial charge in [-0.25, -0.2) is 0 Å². The van der Waals surface area contributed by atoms with Gasteiger partial charge in [0.1, 0.15) is 0 Å². The Morgan fingerprint density at radius 2 is 2.32 bits per heavy atom. The van der Waals surface area contributed by atoms with Gasteiger partial charge < -0.3 is 16.0 Å². The lowest BCUT2D eigenvalue weighted by Crippen LogP contribution is -2.36. The molecule has 0 bridgehead atoms. The fourth-order valence-corrected chi connectivity index (χ4v) is 2.59. The summed E-state index contributed by atoms with van der Waals surface area (Å²) in [5, 5.41) is 20.9. The molecule has 19 heavy (non-hydrogen) atoms. The maximum Gasteiger partial charge on any atom is 0.170 e. The third kappa shape index (κ3) is 3.68. The topological polar surface area (TPSA) is 82.1 Å². The molecule has 0 radical (unpaired) electrons. The van der Waals surface area contributed by atoms with Crippen LogP contribution in [0.15, 0.2) is 29.4 Å². The standard InChI is InChI=1S/C14H21N3O2/c15-14(16-19)13-5-1-3-11(7-13)8-17-6-2-4-12(9-17)10-18/h1,3,5,7,12,18-19H,2,4,6,8-10H2,(H2,15,16). The number of rotatable bonds is 4. The maximum absolute atomic E-state index is 9.24. The number of hydrogen-bond donors (Lipinski definition) is 3. The molecule has 0 amide bonds. The van der Waals surface area contributed by atoms with Crippen LogP contribution in [-0.2, 0) is 6.54 Å². The van der Waals surface area contributed by atoms with Crippen molar-refractivity contribution in [2.75, 3.05) is 19.7 Å². The molecular formula is C14H21N3O2. The minimum atomic E-state index is 0.133. The van der Waals surface area contributed by atoms with Crippen molar-refractivity contribution in [2.24, 2.45) is 16.8 Å². The van der Waals surface area contributed by atoms with Gasteiger partial charge in [-0.1, -0.05) is 23.4 Å². The van der Waals surface area contributed by atoms with Gasteiger partial charge in [0.25, 0.3) is 0 Å². The van der Waals surface area contributed by atoms with Gasteiger partial charge in [-0.2, -0.15) is 0 Å². The van der Waals surface area contributed by atoms with E-state index in [1.54, 1.807) is 0 Å². The summed E-state index contributed by atoms with van der Waals surface area (Å²) in [4.78, 5) is 2.34. The first-order chi connectivity index (χ1) is 9.22. The van der Waals surface area contributed by atoms with Crippen LogP contribution in [0.3, 0.4) is 0 Å². The smallest absolute Gasteiger partial charge is 0.170 e. The minimum absolute atomic E-state index is 0.133. The molecule has 1 heterocycles. The molecule has 1 unspecified atom stereocenters. The number of aliphatic hydroxyl groups is 1. The van der Waals surface area contributed by atoms with Crippen LogP contribution < -0.4 is 5.73 Å². The summed E-state index contributed by atoms with van der Waals surface area (Å²) in [5.74, 6) is 0.523. The van der Waals surface area contributed by atoms with Crippen LogP contribution in [0.4, 0.5) is 0 Å². The Hall–Kier alpha value is -1.59. The first kappa shape index (κ1) is 13.8. The molecule has 5 heteroatoms. The van der Waals surface area contributed by atoms with Gasteiger partial charge in [0.2, 0.25) is 0 Å². The molecule has 0 saturated carbocycles. The van der Waals surface area contributed by atoms with Gasteiger partial charge in [0, 0.05) is 25.3 Å². The highest BCUT2D eigenvalue weighted by molar-refractivity contribution is 5.97. The van der Waals surface area contributed by atoms with Crippen molar-refractivity contribution in [3.63, 3.8) is 0 Å². The van der Waals surface area contributed by atoms with Crippen LogP contribution >= 0.6 is 0 Å². The van der Waals surface area contributed by atoms with Gasteiger partial charge in [0.15, 0.2) is 5.84 Å². The molecular weight excluding hydrogens is 242 g/mol. The Kier molecular flexibility index (Phi) is 4.76. The van der Waals surface area contributed by atoms with Gasteiger partial charge in [0.05, 0.1) is 0 Å². The molecule has 0 spiro atoms. The monoisotopic (exact) mass is 263 g/mol. The third-order valence-electron chi connectivity index (χ3n) is 3.60. The molecule has 4 N–H and O–H groups in total. The summed E-state index contributed by atoms with van der Waals surface area (Å²) >= 11 is 0. The van der Waals surface area contributed by atoms with Crippen molar-refractivity contribution in [1.29, 1.82) is 0 Å². The molecule has 1 aromatic rings. The largest absolute Gasteiger partial charge is 0.409 e. The van der Waals surface area contributed by atoms with Gasteiger partial charge in [-0.15, -0.1) is 0 Å². The Balaban J connectivity index is 2.02. The SMILES string of the molecule is N/C(=N\O)c1cccc(CN2CCCC(CO)C2)c1. The average Bonchev–Trinajstić information content (AvgIpc) is 2.47. The van der Waals surface area contributed by atoms with E-state index in [4.69, 9.17) is 10.9 Å². The van der Waals surface area contributed by atoms with E-state index in [1.807, 2.05) is 24.3 Å². The van der Waals surface area contributed by atoms with Gasteiger partial charge in [-0.3, -0.25) is 4.90 Å². The lowest BCUT2D eigenvalue weighted by Gasteiger charge is -2.31. The highest BCUT2D eigenvalue weighted by atomic mass is 16.4. The van der Waals surface area contributed by atoms with Crippen LogP contribution in [0, 0.1) is 5.92 Å². The second-order valence-electron chi connectivity index (χ2n) is 5.11. The molecule has 1 aliphatic heterocycles. The van der Waals surface area contributed by atoms with Gasteiger partial charge >= 0.3 is 0 Å². The second kappa shape index (κ2) is 6.54. The van der Waals surface area contributed by atoms with Crippen molar-refractivity contribution in [1.82, 2.24) is 4.90 Å². The first-order valence-corrected chi connectivity index (χ1v) is 6.63.